The molecule has 2 N–H and O–H groups in total. The van der Waals surface area contributed by atoms with Gasteiger partial charge in [0.2, 0.25) is 5.82 Å². The Hall–Kier alpha value is -2.36. The van der Waals surface area contributed by atoms with Gasteiger partial charge in [0.1, 0.15) is 5.75 Å². The standard InChI is InChI=1S/C9H6F3NO6/c10-5-2-3(19-9(11)12)1-4(6(5)13(17)18)7(14)8(15)16/h1-2,7,9,14H,(H,15,16). The Balaban J connectivity index is 3.41. The lowest BCUT2D eigenvalue weighted by Crippen LogP contribution is -2.14. The van der Waals surface area contributed by atoms with E-state index in [9.17, 15) is 33.2 Å². The average molecular weight is 281 g/mol. The van der Waals surface area contributed by atoms with Gasteiger partial charge in [-0.05, 0) is 6.07 Å². The molecule has 0 spiro atoms. The Labute approximate surface area is 103 Å². The van der Waals surface area contributed by atoms with Crippen molar-refractivity contribution in [1.29, 1.82) is 0 Å². The van der Waals surface area contributed by atoms with Crippen molar-refractivity contribution in [3.63, 3.8) is 0 Å². The third kappa shape index (κ3) is 3.31. The van der Waals surface area contributed by atoms with E-state index in [1.165, 1.54) is 0 Å². The number of carboxylic acid groups (broad SMARTS) is 1. The number of benzene rings is 1. The van der Waals surface area contributed by atoms with Crippen LogP contribution in [0.2, 0.25) is 0 Å². The van der Waals surface area contributed by atoms with Gasteiger partial charge in [0.25, 0.3) is 0 Å². The second kappa shape index (κ2) is 5.52. The van der Waals surface area contributed by atoms with Gasteiger partial charge in [-0.3, -0.25) is 10.1 Å². The van der Waals surface area contributed by atoms with Crippen LogP contribution in [0.15, 0.2) is 12.1 Å². The van der Waals surface area contributed by atoms with Crippen LogP contribution in [0, 0.1) is 15.9 Å². The van der Waals surface area contributed by atoms with E-state index < -0.39 is 46.4 Å². The quantitative estimate of drug-likeness (QED) is 0.624. The van der Waals surface area contributed by atoms with E-state index in [1.54, 1.807) is 0 Å². The van der Waals surface area contributed by atoms with E-state index in [-0.39, 0.29) is 0 Å². The first kappa shape index (κ1) is 14.7. The number of nitrogens with zero attached hydrogens (tertiary/aromatic N) is 1. The second-order valence-electron chi connectivity index (χ2n) is 3.22. The Kier molecular flexibility index (Phi) is 4.27. The van der Waals surface area contributed by atoms with Gasteiger partial charge in [0.15, 0.2) is 6.10 Å². The SMILES string of the molecule is O=C(O)C(O)c1cc(OC(F)F)cc(F)c1[N+](=O)[O-]. The van der Waals surface area contributed by atoms with Crippen molar-refractivity contribution < 1.29 is 37.8 Å². The molecule has 0 aliphatic heterocycles. The molecule has 19 heavy (non-hydrogen) atoms. The van der Waals surface area contributed by atoms with Gasteiger partial charge >= 0.3 is 18.3 Å². The molecule has 10 heteroatoms. The third-order valence-electron chi connectivity index (χ3n) is 2.00. The highest BCUT2D eigenvalue weighted by atomic mass is 19.3. The number of ether oxygens (including phenoxy) is 1. The molecule has 0 amide bonds. The van der Waals surface area contributed by atoms with Crippen LogP contribution in [0.3, 0.4) is 0 Å². The zero-order chi connectivity index (χ0) is 14.7. The largest absolute Gasteiger partial charge is 0.479 e. The second-order valence-corrected chi connectivity index (χ2v) is 3.22. The molecule has 7 nitrogen and oxygen atoms in total. The number of alkyl halides is 2. The molecule has 0 saturated carbocycles. The van der Waals surface area contributed by atoms with Gasteiger partial charge in [-0.25, -0.2) is 4.79 Å². The van der Waals surface area contributed by atoms with Gasteiger partial charge in [-0.15, -0.1) is 0 Å². The molecule has 0 radical (unpaired) electrons. The van der Waals surface area contributed by atoms with Gasteiger partial charge in [0.05, 0.1) is 10.5 Å². The molecule has 0 saturated heterocycles. The minimum Gasteiger partial charge on any atom is -0.479 e. The molecule has 0 aromatic heterocycles. The summed E-state index contributed by atoms with van der Waals surface area (Å²) in [5.41, 5.74) is -2.32. The molecule has 1 atom stereocenters. The maximum Gasteiger partial charge on any atom is 0.387 e. The molecule has 0 fully saturated rings. The predicted molar refractivity (Wildman–Crippen MR) is 52.3 cm³/mol. The summed E-state index contributed by atoms with van der Waals surface area (Å²) in [6.07, 6.45) is -2.45. The Bertz CT molecular complexity index is 521. The Morgan fingerprint density at radius 1 is 1.42 bits per heavy atom. The number of aliphatic hydroxyl groups excluding tert-OH is 1. The van der Waals surface area contributed by atoms with E-state index in [1.807, 2.05) is 0 Å². The Morgan fingerprint density at radius 3 is 2.42 bits per heavy atom. The molecule has 1 rings (SSSR count). The fraction of sp³-hybridized carbons (Fsp3) is 0.222. The molecule has 0 aliphatic carbocycles. The zero-order valence-electron chi connectivity index (χ0n) is 8.92. The zero-order valence-corrected chi connectivity index (χ0v) is 8.92. The van der Waals surface area contributed by atoms with Crippen LogP contribution in [0.1, 0.15) is 11.7 Å². The van der Waals surface area contributed by atoms with Crippen LogP contribution < -0.4 is 4.74 Å². The van der Waals surface area contributed by atoms with Gasteiger partial charge in [0, 0.05) is 6.07 Å². The maximum absolute atomic E-state index is 13.4. The van der Waals surface area contributed by atoms with Crippen LogP contribution in [-0.2, 0) is 4.79 Å². The number of nitro benzene ring substituents is 1. The highest BCUT2D eigenvalue weighted by Crippen LogP contribution is 2.33. The fourth-order valence-electron chi connectivity index (χ4n) is 1.30. The summed E-state index contributed by atoms with van der Waals surface area (Å²) < 4.78 is 41.1. The van der Waals surface area contributed by atoms with Crippen LogP contribution in [0.25, 0.3) is 0 Å². The topological polar surface area (TPSA) is 110 Å². The first-order valence-corrected chi connectivity index (χ1v) is 4.57. The first-order chi connectivity index (χ1) is 8.73. The van der Waals surface area contributed by atoms with Crippen molar-refractivity contribution in [2.24, 2.45) is 0 Å². The van der Waals surface area contributed by atoms with Gasteiger partial charge < -0.3 is 14.9 Å². The smallest absolute Gasteiger partial charge is 0.387 e. The van der Waals surface area contributed by atoms with Gasteiger partial charge in [-0.2, -0.15) is 13.2 Å². The van der Waals surface area contributed by atoms with E-state index in [0.29, 0.717) is 12.1 Å². The molecule has 1 aromatic rings. The summed E-state index contributed by atoms with van der Waals surface area (Å²) in [4.78, 5) is 19.8. The number of hydrogen-bond acceptors (Lipinski definition) is 5. The maximum atomic E-state index is 13.4. The number of carbonyl (C=O) groups is 1. The number of rotatable bonds is 5. The van der Waals surface area contributed by atoms with Crippen molar-refractivity contribution in [2.45, 2.75) is 12.7 Å². The lowest BCUT2D eigenvalue weighted by molar-refractivity contribution is -0.388. The van der Waals surface area contributed by atoms with Crippen LogP contribution >= 0.6 is 0 Å². The van der Waals surface area contributed by atoms with Crippen molar-refractivity contribution >= 4 is 11.7 Å². The van der Waals surface area contributed by atoms with Crippen LogP contribution in [0.5, 0.6) is 5.75 Å². The minimum absolute atomic E-state index is 0.294. The third-order valence-corrected chi connectivity index (χ3v) is 2.00. The lowest BCUT2D eigenvalue weighted by Gasteiger charge is -2.10. The number of nitro groups is 1. The van der Waals surface area contributed by atoms with Crippen molar-refractivity contribution in [3.05, 3.63) is 33.6 Å². The fourth-order valence-corrected chi connectivity index (χ4v) is 1.30. The number of aliphatic carboxylic acids is 1. The molecule has 1 aromatic carbocycles. The number of halogens is 3. The minimum atomic E-state index is -3.34. The normalized spacial score (nSPS) is 12.3. The lowest BCUT2D eigenvalue weighted by atomic mass is 10.1. The van der Waals surface area contributed by atoms with E-state index in [0.717, 1.165) is 0 Å². The summed E-state index contributed by atoms with van der Waals surface area (Å²) in [6, 6.07) is 0.758. The van der Waals surface area contributed by atoms with Crippen LogP contribution in [-0.4, -0.2) is 27.7 Å². The Morgan fingerprint density at radius 2 is 2.00 bits per heavy atom. The van der Waals surface area contributed by atoms with E-state index >= 15 is 0 Å². The molecular formula is C9H6F3NO6. The highest BCUT2D eigenvalue weighted by molar-refractivity contribution is 5.76. The molecule has 0 bridgehead atoms. The number of hydrogen-bond donors (Lipinski definition) is 2. The van der Waals surface area contributed by atoms with Crippen molar-refractivity contribution in [1.82, 2.24) is 0 Å². The summed E-state index contributed by atoms with van der Waals surface area (Å²) in [5.74, 6) is -4.34. The average Bonchev–Trinajstić information content (AvgIpc) is 2.25. The van der Waals surface area contributed by atoms with E-state index in [4.69, 9.17) is 5.11 Å². The number of aliphatic hydroxyl groups is 1. The molecule has 0 heterocycles. The van der Waals surface area contributed by atoms with Crippen LogP contribution in [0.4, 0.5) is 18.9 Å². The van der Waals surface area contributed by atoms with Crippen molar-refractivity contribution in [3.8, 4) is 5.75 Å². The summed E-state index contributed by atoms with van der Waals surface area (Å²) in [6.45, 7) is -3.34. The summed E-state index contributed by atoms with van der Waals surface area (Å²) >= 11 is 0. The summed E-state index contributed by atoms with van der Waals surface area (Å²) in [5, 5.41) is 28.3. The highest BCUT2D eigenvalue weighted by Gasteiger charge is 2.31. The molecular weight excluding hydrogens is 275 g/mol. The first-order valence-electron chi connectivity index (χ1n) is 4.57. The molecule has 1 unspecified atom stereocenters. The molecule has 104 valence electrons. The predicted octanol–water partition coefficient (Wildman–Crippen LogP) is 1.45. The summed E-state index contributed by atoms with van der Waals surface area (Å²) in [7, 11) is 0. The number of carboxylic acids is 1. The van der Waals surface area contributed by atoms with Crippen molar-refractivity contribution in [2.75, 3.05) is 0 Å². The van der Waals surface area contributed by atoms with E-state index in [2.05, 4.69) is 4.74 Å². The van der Waals surface area contributed by atoms with Gasteiger partial charge in [-0.1, -0.05) is 0 Å². The molecule has 0 aliphatic rings. The monoisotopic (exact) mass is 281 g/mol.